The van der Waals surface area contributed by atoms with Gasteiger partial charge in [0.05, 0.1) is 12.0 Å². The number of aliphatic carboxylic acids is 1. The molecule has 2 rings (SSSR count). The minimum absolute atomic E-state index is 0.0829. The lowest BCUT2D eigenvalue weighted by Crippen LogP contribution is -2.40. The summed E-state index contributed by atoms with van der Waals surface area (Å²) in [4.78, 5) is 23.0. The van der Waals surface area contributed by atoms with Gasteiger partial charge in [-0.25, -0.2) is 0 Å². The lowest BCUT2D eigenvalue weighted by atomic mass is 9.66. The zero-order chi connectivity index (χ0) is 20.7. The fourth-order valence-corrected chi connectivity index (χ4v) is 4.40. The Bertz CT molecular complexity index is 594. The van der Waals surface area contributed by atoms with E-state index in [9.17, 15) is 14.7 Å². The Balaban J connectivity index is 2.01. The van der Waals surface area contributed by atoms with Crippen LogP contribution in [-0.4, -0.2) is 34.4 Å². The van der Waals surface area contributed by atoms with E-state index in [1.165, 1.54) is 5.57 Å². The highest BCUT2D eigenvalue weighted by atomic mass is 16.5. The summed E-state index contributed by atoms with van der Waals surface area (Å²) in [5.41, 5.74) is 1.26. The summed E-state index contributed by atoms with van der Waals surface area (Å²) in [6.45, 7) is 6.10. The molecular formula is C23H36O5. The summed E-state index contributed by atoms with van der Waals surface area (Å²) in [6, 6.07) is 0. The Labute approximate surface area is 168 Å². The molecule has 0 saturated heterocycles. The van der Waals surface area contributed by atoms with E-state index in [1.807, 2.05) is 13.8 Å². The predicted molar refractivity (Wildman–Crippen MR) is 109 cm³/mol. The molecule has 2 aliphatic rings. The van der Waals surface area contributed by atoms with Gasteiger partial charge < -0.3 is 14.9 Å². The Morgan fingerprint density at radius 3 is 2.75 bits per heavy atom. The number of hydrogen-bond donors (Lipinski definition) is 2. The molecule has 0 aromatic carbocycles. The van der Waals surface area contributed by atoms with Gasteiger partial charge in [-0.3, -0.25) is 9.59 Å². The second-order valence-corrected chi connectivity index (χ2v) is 8.49. The second kappa shape index (κ2) is 10.8. The molecule has 158 valence electrons. The maximum Gasteiger partial charge on any atom is 0.308 e. The van der Waals surface area contributed by atoms with Gasteiger partial charge in [-0.2, -0.15) is 0 Å². The van der Waals surface area contributed by atoms with Crippen molar-refractivity contribution in [3.63, 3.8) is 0 Å². The van der Waals surface area contributed by atoms with Crippen LogP contribution in [0.15, 0.2) is 23.8 Å². The first kappa shape index (κ1) is 22.7. The Morgan fingerprint density at radius 2 is 2.07 bits per heavy atom. The van der Waals surface area contributed by atoms with E-state index in [0.29, 0.717) is 31.1 Å². The van der Waals surface area contributed by atoms with Crippen molar-refractivity contribution in [1.82, 2.24) is 0 Å². The van der Waals surface area contributed by atoms with Crippen molar-refractivity contribution in [1.29, 1.82) is 0 Å². The normalized spacial score (nSPS) is 28.8. The molecule has 0 heterocycles. The summed E-state index contributed by atoms with van der Waals surface area (Å²) in [6.07, 6.45) is 11.3. The van der Waals surface area contributed by atoms with E-state index in [2.05, 4.69) is 25.2 Å². The summed E-state index contributed by atoms with van der Waals surface area (Å²) in [5.74, 6) is -0.144. The van der Waals surface area contributed by atoms with Crippen LogP contribution in [0, 0.1) is 23.7 Å². The van der Waals surface area contributed by atoms with Gasteiger partial charge in [-0.1, -0.05) is 39.0 Å². The van der Waals surface area contributed by atoms with Crippen LogP contribution >= 0.6 is 0 Å². The number of carbonyl (C=O) groups excluding carboxylic acids is 1. The largest absolute Gasteiger partial charge is 0.481 e. The lowest BCUT2D eigenvalue weighted by molar-refractivity contribution is -0.158. The van der Waals surface area contributed by atoms with Gasteiger partial charge >= 0.3 is 11.9 Å². The third-order valence-corrected chi connectivity index (χ3v) is 6.39. The number of hydrogen-bond acceptors (Lipinski definition) is 4. The van der Waals surface area contributed by atoms with Gasteiger partial charge in [-0.15, -0.1) is 0 Å². The van der Waals surface area contributed by atoms with E-state index in [-0.39, 0.29) is 30.3 Å². The third kappa shape index (κ3) is 6.20. The Kier molecular flexibility index (Phi) is 8.74. The number of carbonyl (C=O) groups is 2. The molecule has 5 nitrogen and oxygen atoms in total. The molecule has 5 heteroatoms. The monoisotopic (exact) mass is 392 g/mol. The van der Waals surface area contributed by atoms with Gasteiger partial charge in [-0.05, 0) is 62.4 Å². The van der Waals surface area contributed by atoms with Crippen molar-refractivity contribution in [3.05, 3.63) is 23.8 Å². The van der Waals surface area contributed by atoms with Crippen molar-refractivity contribution < 1.29 is 24.5 Å². The number of rotatable bonds is 10. The maximum absolute atomic E-state index is 12.4. The molecule has 0 fully saturated rings. The lowest BCUT2D eigenvalue weighted by Gasteiger charge is -2.42. The molecule has 0 aliphatic heterocycles. The van der Waals surface area contributed by atoms with E-state index in [4.69, 9.17) is 9.84 Å². The number of aliphatic hydroxyl groups is 1. The van der Waals surface area contributed by atoms with E-state index in [0.717, 1.165) is 25.7 Å². The van der Waals surface area contributed by atoms with Crippen LogP contribution < -0.4 is 0 Å². The molecule has 6 unspecified atom stereocenters. The van der Waals surface area contributed by atoms with E-state index >= 15 is 0 Å². The molecule has 2 N–H and O–H groups in total. The summed E-state index contributed by atoms with van der Waals surface area (Å²) in [5, 5.41) is 19.0. The zero-order valence-electron chi connectivity index (χ0n) is 17.5. The van der Waals surface area contributed by atoms with Crippen molar-refractivity contribution in [2.75, 3.05) is 0 Å². The number of aliphatic hydroxyl groups excluding tert-OH is 1. The number of fused-ring (bicyclic) bond motifs is 1. The first-order valence-corrected chi connectivity index (χ1v) is 10.8. The summed E-state index contributed by atoms with van der Waals surface area (Å²) >= 11 is 0. The van der Waals surface area contributed by atoms with E-state index in [1.54, 1.807) is 0 Å². The molecule has 6 atom stereocenters. The standard InChI is InChI=1S/C23H36O5/c1-4-15(2)23(27)28-20-9-5-7-17-12-11-16(3)19(22(17)20)14-13-18(24)8-6-10-21(25)26/h7,11-12,15-16,18-20,22,24H,4-6,8-10,13-14H2,1-3H3,(H,25,26). The van der Waals surface area contributed by atoms with Gasteiger partial charge in [0, 0.05) is 12.3 Å². The van der Waals surface area contributed by atoms with Crippen molar-refractivity contribution in [2.24, 2.45) is 23.7 Å². The number of ether oxygens (including phenoxy) is 1. The first-order chi connectivity index (χ1) is 13.3. The zero-order valence-corrected chi connectivity index (χ0v) is 17.5. The number of carboxylic acids is 1. The molecule has 0 spiro atoms. The quantitative estimate of drug-likeness (QED) is 0.535. The average molecular weight is 393 g/mol. The van der Waals surface area contributed by atoms with Crippen LogP contribution in [-0.2, 0) is 14.3 Å². The van der Waals surface area contributed by atoms with E-state index < -0.39 is 12.1 Å². The SMILES string of the molecule is CCC(C)C(=O)OC1CCC=C2C=CC(C)C(CCC(O)CCCC(=O)O)C21. The summed E-state index contributed by atoms with van der Waals surface area (Å²) in [7, 11) is 0. The van der Waals surface area contributed by atoms with Gasteiger partial charge in [0.25, 0.3) is 0 Å². The smallest absolute Gasteiger partial charge is 0.308 e. The highest BCUT2D eigenvalue weighted by Crippen LogP contribution is 2.43. The average Bonchev–Trinajstić information content (AvgIpc) is 2.66. The minimum Gasteiger partial charge on any atom is -0.481 e. The molecule has 28 heavy (non-hydrogen) atoms. The fraction of sp³-hybridized carbons (Fsp3) is 0.739. The topological polar surface area (TPSA) is 83.8 Å². The van der Waals surface area contributed by atoms with Crippen molar-refractivity contribution in [2.45, 2.75) is 84.3 Å². The van der Waals surface area contributed by atoms with Gasteiger partial charge in [0.15, 0.2) is 0 Å². The first-order valence-electron chi connectivity index (χ1n) is 10.8. The highest BCUT2D eigenvalue weighted by molar-refractivity contribution is 5.72. The number of esters is 1. The fourth-order valence-electron chi connectivity index (χ4n) is 4.40. The van der Waals surface area contributed by atoms with Crippen molar-refractivity contribution in [3.8, 4) is 0 Å². The maximum atomic E-state index is 12.4. The van der Waals surface area contributed by atoms with Gasteiger partial charge in [0.2, 0.25) is 0 Å². The van der Waals surface area contributed by atoms with Gasteiger partial charge in [0.1, 0.15) is 6.10 Å². The third-order valence-electron chi connectivity index (χ3n) is 6.39. The van der Waals surface area contributed by atoms with Crippen LogP contribution in [0.5, 0.6) is 0 Å². The Morgan fingerprint density at radius 1 is 1.32 bits per heavy atom. The Hall–Kier alpha value is -1.62. The molecule has 0 bridgehead atoms. The number of carboxylic acid groups (broad SMARTS) is 1. The predicted octanol–water partition coefficient (Wildman–Crippen LogP) is 4.50. The van der Waals surface area contributed by atoms with Crippen LogP contribution in [0.1, 0.15) is 72.1 Å². The summed E-state index contributed by atoms with van der Waals surface area (Å²) < 4.78 is 5.95. The highest BCUT2D eigenvalue weighted by Gasteiger charge is 2.40. The van der Waals surface area contributed by atoms with Crippen LogP contribution in [0.4, 0.5) is 0 Å². The second-order valence-electron chi connectivity index (χ2n) is 8.49. The molecule has 2 aliphatic carbocycles. The molecule has 0 radical (unpaired) electrons. The minimum atomic E-state index is -0.818. The number of allylic oxidation sites excluding steroid dienone is 3. The molecule has 0 aromatic rings. The van der Waals surface area contributed by atoms with Crippen molar-refractivity contribution >= 4 is 11.9 Å². The molecule has 0 amide bonds. The molecular weight excluding hydrogens is 356 g/mol. The molecule has 0 aromatic heterocycles. The van der Waals surface area contributed by atoms with Crippen LogP contribution in [0.25, 0.3) is 0 Å². The van der Waals surface area contributed by atoms with Crippen LogP contribution in [0.3, 0.4) is 0 Å². The molecule has 0 saturated carbocycles. The van der Waals surface area contributed by atoms with Crippen LogP contribution in [0.2, 0.25) is 0 Å².